The number of benzene rings is 2. The molecular formula is C28H23ClN2O6S. The van der Waals surface area contributed by atoms with E-state index in [1.807, 2.05) is 6.92 Å². The molecule has 3 aromatic rings. The van der Waals surface area contributed by atoms with E-state index < -0.39 is 23.7 Å². The van der Waals surface area contributed by atoms with Gasteiger partial charge in [0, 0.05) is 17.0 Å². The third-order valence-electron chi connectivity index (χ3n) is 6.29. The van der Waals surface area contributed by atoms with E-state index in [4.69, 9.17) is 21.1 Å². The number of anilines is 1. The molecule has 194 valence electrons. The maximum absolute atomic E-state index is 13.4. The predicted octanol–water partition coefficient (Wildman–Crippen LogP) is 5.40. The van der Waals surface area contributed by atoms with Gasteiger partial charge >= 0.3 is 11.9 Å². The van der Waals surface area contributed by atoms with Gasteiger partial charge in [-0.2, -0.15) is 0 Å². The van der Waals surface area contributed by atoms with E-state index in [9.17, 15) is 19.5 Å². The van der Waals surface area contributed by atoms with Gasteiger partial charge in [-0.3, -0.25) is 14.5 Å². The standard InChI is InChI=1S/C28H23ClN2O6S/c1-4-10-36-27(35)25-15(3)30-28(38-25)31-22(16-6-5-7-19(29)13-16)21(24(33)26(31)34)23(32)17-8-9-20-18(12-17)11-14(2)37-20/h4-9,12-14,22,32H,1,10-11H2,2-3H3/t14-,22+/m1/s1. The largest absolute Gasteiger partial charge is 0.507 e. The highest BCUT2D eigenvalue weighted by Gasteiger charge is 2.48. The van der Waals surface area contributed by atoms with Crippen LogP contribution in [0.15, 0.2) is 60.7 Å². The highest BCUT2D eigenvalue weighted by Crippen LogP contribution is 2.45. The molecule has 0 aliphatic carbocycles. The van der Waals surface area contributed by atoms with Crippen LogP contribution in [0.3, 0.4) is 0 Å². The molecule has 0 bridgehead atoms. The van der Waals surface area contributed by atoms with Crippen LogP contribution in [0.1, 0.15) is 45.0 Å². The zero-order valence-corrected chi connectivity index (χ0v) is 22.1. The van der Waals surface area contributed by atoms with Crippen LogP contribution in [0.5, 0.6) is 5.75 Å². The third kappa shape index (κ3) is 4.48. The Kier molecular flexibility index (Phi) is 6.81. The molecule has 38 heavy (non-hydrogen) atoms. The molecule has 0 spiro atoms. The molecule has 1 fully saturated rings. The number of Topliss-reactive ketones (excluding diaryl/α,β-unsaturated/α-hetero) is 1. The number of fused-ring (bicyclic) bond motifs is 1. The molecule has 2 aliphatic heterocycles. The number of hydrogen-bond donors (Lipinski definition) is 1. The number of nitrogens with zero attached hydrogens (tertiary/aromatic N) is 2. The minimum absolute atomic E-state index is 0.0000508. The number of ketones is 1. The van der Waals surface area contributed by atoms with Crippen LogP contribution in [0.25, 0.3) is 5.76 Å². The number of hydrogen-bond acceptors (Lipinski definition) is 8. The van der Waals surface area contributed by atoms with Crippen molar-refractivity contribution < 1.29 is 29.0 Å². The molecule has 0 saturated carbocycles. The van der Waals surface area contributed by atoms with E-state index >= 15 is 0 Å². The lowest BCUT2D eigenvalue weighted by atomic mass is 9.94. The van der Waals surface area contributed by atoms with Crippen LogP contribution in [0.4, 0.5) is 5.13 Å². The van der Waals surface area contributed by atoms with E-state index in [1.54, 1.807) is 49.4 Å². The molecule has 0 unspecified atom stereocenters. The van der Waals surface area contributed by atoms with E-state index in [-0.39, 0.29) is 34.1 Å². The van der Waals surface area contributed by atoms with Crippen LogP contribution in [-0.2, 0) is 20.7 Å². The summed E-state index contributed by atoms with van der Waals surface area (Å²) in [6.07, 6.45) is 2.10. The van der Waals surface area contributed by atoms with E-state index in [0.717, 1.165) is 22.6 Å². The Labute approximate surface area is 227 Å². The summed E-state index contributed by atoms with van der Waals surface area (Å²) >= 11 is 7.20. The van der Waals surface area contributed by atoms with Crippen molar-refractivity contribution in [3.63, 3.8) is 0 Å². The smallest absolute Gasteiger partial charge is 0.350 e. The number of thiazole rings is 1. The van der Waals surface area contributed by atoms with Crippen molar-refractivity contribution in [2.75, 3.05) is 11.5 Å². The molecule has 8 nitrogen and oxygen atoms in total. The third-order valence-corrected chi connectivity index (χ3v) is 7.66. The van der Waals surface area contributed by atoms with Gasteiger partial charge in [-0.05, 0) is 55.3 Å². The van der Waals surface area contributed by atoms with Gasteiger partial charge < -0.3 is 14.6 Å². The number of aryl methyl sites for hydroxylation is 1. The number of carbonyl (C=O) groups is 3. The Morgan fingerprint density at radius 2 is 2.11 bits per heavy atom. The lowest BCUT2D eigenvalue weighted by Gasteiger charge is -2.23. The number of carbonyl (C=O) groups excluding carboxylic acids is 3. The Morgan fingerprint density at radius 3 is 2.84 bits per heavy atom. The fourth-order valence-corrected chi connectivity index (χ4v) is 5.81. The number of rotatable bonds is 6. The van der Waals surface area contributed by atoms with E-state index in [1.165, 1.54) is 11.0 Å². The lowest BCUT2D eigenvalue weighted by Crippen LogP contribution is -2.29. The number of esters is 1. The quantitative estimate of drug-likeness (QED) is 0.144. The van der Waals surface area contributed by atoms with Gasteiger partial charge in [-0.25, -0.2) is 9.78 Å². The van der Waals surface area contributed by atoms with Gasteiger partial charge in [0.15, 0.2) is 5.13 Å². The molecule has 1 aromatic heterocycles. The molecule has 2 atom stereocenters. The first kappa shape index (κ1) is 25.7. The van der Waals surface area contributed by atoms with Gasteiger partial charge in [-0.1, -0.05) is 47.7 Å². The van der Waals surface area contributed by atoms with E-state index in [2.05, 4.69) is 11.6 Å². The van der Waals surface area contributed by atoms with Gasteiger partial charge in [0.05, 0.1) is 17.3 Å². The summed E-state index contributed by atoms with van der Waals surface area (Å²) in [4.78, 5) is 45.2. The maximum atomic E-state index is 13.4. The Bertz CT molecular complexity index is 1530. The fraction of sp³-hybridized carbons (Fsp3) is 0.214. The van der Waals surface area contributed by atoms with Crippen molar-refractivity contribution in [2.45, 2.75) is 32.4 Å². The first-order chi connectivity index (χ1) is 18.2. The number of aliphatic hydroxyl groups is 1. The molecule has 1 amide bonds. The minimum atomic E-state index is -1.03. The SMILES string of the molecule is C=CCOC(=O)c1sc(N2C(=O)C(=O)C(=C(O)c3ccc4c(c3)C[C@@H](C)O4)[C@@H]2c2cccc(Cl)c2)nc1C. The second-order valence-corrected chi connectivity index (χ2v) is 10.4. The summed E-state index contributed by atoms with van der Waals surface area (Å²) in [7, 11) is 0. The van der Waals surface area contributed by atoms with Crippen LogP contribution in [0, 0.1) is 6.92 Å². The number of halogens is 1. The zero-order chi connectivity index (χ0) is 27.1. The Morgan fingerprint density at radius 1 is 1.32 bits per heavy atom. The van der Waals surface area contributed by atoms with Gasteiger partial charge in [0.25, 0.3) is 5.78 Å². The van der Waals surface area contributed by atoms with Crippen molar-refractivity contribution in [1.29, 1.82) is 0 Å². The van der Waals surface area contributed by atoms with Crippen molar-refractivity contribution in [1.82, 2.24) is 4.98 Å². The maximum Gasteiger partial charge on any atom is 0.350 e. The molecule has 10 heteroatoms. The van der Waals surface area contributed by atoms with Crippen molar-refractivity contribution >= 4 is 51.5 Å². The number of aromatic nitrogens is 1. The highest BCUT2D eigenvalue weighted by atomic mass is 35.5. The molecule has 3 heterocycles. The van der Waals surface area contributed by atoms with Crippen LogP contribution >= 0.6 is 22.9 Å². The van der Waals surface area contributed by atoms with Crippen LogP contribution < -0.4 is 9.64 Å². The van der Waals surface area contributed by atoms with E-state index in [0.29, 0.717) is 28.3 Å². The summed E-state index contributed by atoms with van der Waals surface area (Å²) in [6, 6.07) is 10.8. The lowest BCUT2D eigenvalue weighted by molar-refractivity contribution is -0.132. The van der Waals surface area contributed by atoms with Crippen molar-refractivity contribution in [3.05, 3.63) is 93.0 Å². The second kappa shape index (κ2) is 10.1. The number of amides is 1. The van der Waals surface area contributed by atoms with Gasteiger partial charge in [-0.15, -0.1) is 0 Å². The van der Waals surface area contributed by atoms with Crippen molar-refractivity contribution in [2.24, 2.45) is 0 Å². The summed E-state index contributed by atoms with van der Waals surface area (Å²) in [5.41, 5.74) is 2.02. The molecule has 5 rings (SSSR count). The van der Waals surface area contributed by atoms with Gasteiger partial charge in [0.1, 0.15) is 29.1 Å². The summed E-state index contributed by atoms with van der Waals surface area (Å²) in [6.45, 7) is 7.11. The van der Waals surface area contributed by atoms with Crippen molar-refractivity contribution in [3.8, 4) is 5.75 Å². The highest BCUT2D eigenvalue weighted by molar-refractivity contribution is 7.17. The average Bonchev–Trinajstić information content (AvgIpc) is 3.54. The molecule has 2 aromatic carbocycles. The second-order valence-electron chi connectivity index (χ2n) is 8.98. The molecular weight excluding hydrogens is 528 g/mol. The molecule has 1 N–H and O–H groups in total. The topological polar surface area (TPSA) is 106 Å². The minimum Gasteiger partial charge on any atom is -0.507 e. The normalized spacial score (nSPS) is 19.8. The Hall–Kier alpha value is -3.95. The van der Waals surface area contributed by atoms with Crippen LogP contribution in [0.2, 0.25) is 5.02 Å². The first-order valence-corrected chi connectivity index (χ1v) is 13.0. The molecule has 2 aliphatic rings. The molecule has 1 saturated heterocycles. The Balaban J connectivity index is 1.65. The predicted molar refractivity (Wildman–Crippen MR) is 144 cm³/mol. The summed E-state index contributed by atoms with van der Waals surface area (Å²) in [5, 5.41) is 11.9. The summed E-state index contributed by atoms with van der Waals surface area (Å²) in [5.74, 6) is -1.97. The zero-order valence-electron chi connectivity index (χ0n) is 20.6. The van der Waals surface area contributed by atoms with Gasteiger partial charge in [0.2, 0.25) is 0 Å². The number of ether oxygens (including phenoxy) is 2. The van der Waals surface area contributed by atoms with Crippen LogP contribution in [-0.4, -0.2) is 40.5 Å². The number of aliphatic hydroxyl groups excluding tert-OH is 1. The average molecular weight is 551 g/mol. The molecule has 0 radical (unpaired) electrons. The monoisotopic (exact) mass is 550 g/mol. The first-order valence-electron chi connectivity index (χ1n) is 11.8. The fourth-order valence-electron chi connectivity index (χ4n) is 4.62. The summed E-state index contributed by atoms with van der Waals surface area (Å²) < 4.78 is 10.9.